The van der Waals surface area contributed by atoms with Gasteiger partial charge in [-0.25, -0.2) is 14.2 Å². The number of anilines is 1. The number of aliphatic hydroxyl groups is 1. The van der Waals surface area contributed by atoms with Crippen LogP contribution in [-0.2, 0) is 41.9 Å². The van der Waals surface area contributed by atoms with E-state index in [9.17, 15) is 29.4 Å². The van der Waals surface area contributed by atoms with E-state index in [0.717, 1.165) is 16.4 Å². The van der Waals surface area contributed by atoms with Crippen LogP contribution in [-0.4, -0.2) is 84.3 Å². The second kappa shape index (κ2) is 12.2. The normalized spacial score (nSPS) is 18.8. The van der Waals surface area contributed by atoms with E-state index in [1.807, 2.05) is 0 Å². The number of esters is 1. The minimum Gasteiger partial charge on any atom is -0.477 e. The largest absolute Gasteiger partial charge is 0.477 e. The van der Waals surface area contributed by atoms with E-state index in [4.69, 9.17) is 15.3 Å². The molecule has 4 heterocycles. The van der Waals surface area contributed by atoms with Crippen molar-refractivity contribution in [1.82, 2.24) is 19.6 Å². The first-order valence-corrected chi connectivity index (χ1v) is 13.3. The van der Waals surface area contributed by atoms with Gasteiger partial charge in [-0.05, 0) is 13.0 Å². The number of carbonyl (C=O) groups excluding carboxylic acids is 3. The van der Waals surface area contributed by atoms with Gasteiger partial charge in [-0.15, -0.1) is 11.8 Å². The molecule has 5 N–H and O–H groups in total. The molecule has 4 rings (SSSR count). The van der Waals surface area contributed by atoms with Crippen molar-refractivity contribution < 1.29 is 43.5 Å². The first kappa shape index (κ1) is 27.9. The number of hydrogen-bond acceptors (Lipinski definition) is 13. The molecule has 2 aromatic heterocycles. The predicted octanol–water partition coefficient (Wildman–Crippen LogP) is -1.38. The standard InChI is InChI=1S/C22H23N7O8S2/c1-2-36-13(31)9-37-26-14(17-25-22(23)39-27-17)18(32)24-15-19(33)29-16(21(34)35)12(10-38-20(15)29)7-28-5-3-4-11(6-28)8-30/h3-6,15,20,30H,2,7-10H2,1H3,(H3-,23,24,25,27,32,34,35)/p+1/b26-14-/t15?,20-/m1/s1. The van der Waals surface area contributed by atoms with Gasteiger partial charge in [-0.1, -0.05) is 5.16 Å². The summed E-state index contributed by atoms with van der Waals surface area (Å²) in [7, 11) is 0. The molecule has 15 nitrogen and oxygen atoms in total. The average molecular weight is 579 g/mol. The van der Waals surface area contributed by atoms with Crippen LogP contribution in [0.25, 0.3) is 0 Å². The van der Waals surface area contributed by atoms with Crippen LogP contribution in [0.1, 0.15) is 18.3 Å². The Kier molecular flexibility index (Phi) is 8.72. The molecule has 0 spiro atoms. The van der Waals surface area contributed by atoms with Crippen molar-refractivity contribution >= 4 is 57.9 Å². The molecule has 39 heavy (non-hydrogen) atoms. The lowest BCUT2D eigenvalue weighted by Gasteiger charge is -2.49. The van der Waals surface area contributed by atoms with Crippen LogP contribution in [0.2, 0.25) is 0 Å². The number of amides is 2. The highest BCUT2D eigenvalue weighted by Gasteiger charge is 2.55. The lowest BCUT2D eigenvalue weighted by atomic mass is 10.0. The maximum atomic E-state index is 13.1. The average Bonchev–Trinajstić information content (AvgIpc) is 3.35. The highest BCUT2D eigenvalue weighted by molar-refractivity contribution is 8.00. The number of aromatic nitrogens is 3. The molecule has 0 bridgehead atoms. The molecule has 2 atom stereocenters. The molecule has 206 valence electrons. The Balaban J connectivity index is 1.51. The summed E-state index contributed by atoms with van der Waals surface area (Å²) in [6.07, 6.45) is 3.42. The number of nitrogens with two attached hydrogens (primary N) is 1. The summed E-state index contributed by atoms with van der Waals surface area (Å²) in [5, 5.41) is 24.9. The van der Waals surface area contributed by atoms with Gasteiger partial charge in [-0.2, -0.15) is 9.36 Å². The molecule has 2 aliphatic heterocycles. The zero-order valence-electron chi connectivity index (χ0n) is 20.5. The molecule has 2 amide bonds. The third-order valence-corrected chi connectivity index (χ3v) is 7.41. The van der Waals surface area contributed by atoms with Crippen molar-refractivity contribution in [1.29, 1.82) is 0 Å². The quantitative estimate of drug-likeness (QED) is 0.0799. The molecule has 0 saturated carbocycles. The number of nitrogens with zero attached hydrogens (tertiary/aromatic N) is 5. The lowest BCUT2D eigenvalue weighted by molar-refractivity contribution is -0.689. The lowest BCUT2D eigenvalue weighted by Crippen LogP contribution is -2.71. The number of nitrogens with one attached hydrogen (secondary N) is 1. The van der Waals surface area contributed by atoms with Crippen LogP contribution in [0.15, 0.2) is 41.0 Å². The van der Waals surface area contributed by atoms with E-state index < -0.39 is 47.5 Å². The highest BCUT2D eigenvalue weighted by Crippen LogP contribution is 2.40. The van der Waals surface area contributed by atoms with Crippen molar-refractivity contribution in [3.63, 3.8) is 0 Å². The van der Waals surface area contributed by atoms with Gasteiger partial charge in [-0.3, -0.25) is 14.5 Å². The van der Waals surface area contributed by atoms with Gasteiger partial charge < -0.3 is 30.8 Å². The van der Waals surface area contributed by atoms with Gasteiger partial charge in [0, 0.05) is 34.5 Å². The van der Waals surface area contributed by atoms with Crippen molar-refractivity contribution in [3.05, 3.63) is 47.2 Å². The Labute approximate surface area is 229 Å². The van der Waals surface area contributed by atoms with Crippen molar-refractivity contribution in [2.24, 2.45) is 5.16 Å². The molecule has 0 radical (unpaired) electrons. The molecule has 0 aliphatic carbocycles. The number of pyridine rings is 1. The third-order valence-electron chi connectivity index (χ3n) is 5.52. The van der Waals surface area contributed by atoms with Crippen LogP contribution in [0.5, 0.6) is 0 Å². The van der Waals surface area contributed by atoms with E-state index >= 15 is 0 Å². The molecular formula is C22H24N7O8S2+. The summed E-state index contributed by atoms with van der Waals surface area (Å²) >= 11 is 2.09. The number of β-lactam (4-membered cyclic amide) rings is 1. The molecule has 1 fully saturated rings. The minimum absolute atomic E-state index is 0.0517. The summed E-state index contributed by atoms with van der Waals surface area (Å²) in [6.45, 7) is 1.20. The molecule has 0 aromatic carbocycles. The smallest absolute Gasteiger partial charge is 0.352 e. The fraction of sp³-hybridized carbons (Fsp3) is 0.364. The summed E-state index contributed by atoms with van der Waals surface area (Å²) in [6, 6.07) is 2.40. The Bertz CT molecular complexity index is 1360. The maximum absolute atomic E-state index is 13.1. The fourth-order valence-corrected chi connectivity index (χ4v) is 5.64. The SMILES string of the molecule is CCOC(=O)CO/N=C(\C(=O)NC1C(=O)N2C(C(=O)O)=C(C[n+]3cccc(CO)c3)CS[C@H]12)c1nsc(N)n1. The van der Waals surface area contributed by atoms with Crippen LogP contribution in [0.3, 0.4) is 0 Å². The summed E-state index contributed by atoms with van der Waals surface area (Å²) in [5.74, 6) is -3.37. The van der Waals surface area contributed by atoms with E-state index in [2.05, 4.69) is 19.8 Å². The number of carboxylic acids is 1. The number of aliphatic carboxylic acids is 1. The Morgan fingerprint density at radius 2 is 2.18 bits per heavy atom. The van der Waals surface area contributed by atoms with E-state index in [1.54, 1.807) is 36.0 Å². The van der Waals surface area contributed by atoms with E-state index in [-0.39, 0.29) is 42.2 Å². The van der Waals surface area contributed by atoms with Crippen LogP contribution < -0.4 is 15.6 Å². The third kappa shape index (κ3) is 6.15. The number of rotatable bonds is 11. The molecular weight excluding hydrogens is 554 g/mol. The second-order valence-electron chi connectivity index (χ2n) is 8.14. The second-order valence-corrected chi connectivity index (χ2v) is 10.0. The Hall–Kier alpha value is -4.09. The number of carboxylic acid groups (broad SMARTS) is 1. The molecule has 2 aliphatic rings. The number of aliphatic hydroxyl groups excluding tert-OH is 1. The first-order chi connectivity index (χ1) is 18.7. The minimum atomic E-state index is -1.27. The van der Waals surface area contributed by atoms with Gasteiger partial charge in [0.05, 0.1) is 13.2 Å². The van der Waals surface area contributed by atoms with Crippen molar-refractivity contribution in [3.8, 4) is 0 Å². The molecule has 2 aromatic rings. The van der Waals surface area contributed by atoms with Gasteiger partial charge in [0.1, 0.15) is 17.1 Å². The van der Waals surface area contributed by atoms with Crippen LogP contribution >= 0.6 is 23.3 Å². The maximum Gasteiger partial charge on any atom is 0.352 e. The number of fused-ring (bicyclic) bond motifs is 1. The van der Waals surface area contributed by atoms with Gasteiger partial charge in [0.2, 0.25) is 18.1 Å². The number of nitrogen functional groups attached to an aromatic ring is 1. The van der Waals surface area contributed by atoms with Gasteiger partial charge >= 0.3 is 11.9 Å². The number of thioether (sulfide) groups is 1. The Morgan fingerprint density at radius 3 is 2.85 bits per heavy atom. The highest BCUT2D eigenvalue weighted by atomic mass is 32.2. The van der Waals surface area contributed by atoms with E-state index in [1.165, 1.54) is 11.8 Å². The summed E-state index contributed by atoms with van der Waals surface area (Å²) in [4.78, 5) is 59.8. The van der Waals surface area contributed by atoms with Gasteiger partial charge in [0.15, 0.2) is 24.1 Å². The zero-order valence-corrected chi connectivity index (χ0v) is 22.1. The van der Waals surface area contributed by atoms with Crippen molar-refractivity contribution in [2.45, 2.75) is 31.5 Å². The first-order valence-electron chi connectivity index (χ1n) is 11.5. The van der Waals surface area contributed by atoms with Crippen LogP contribution in [0, 0.1) is 0 Å². The monoisotopic (exact) mass is 578 g/mol. The topological polar surface area (TPSA) is 211 Å². The molecule has 1 unspecified atom stereocenters. The van der Waals surface area contributed by atoms with E-state index in [0.29, 0.717) is 11.1 Å². The summed E-state index contributed by atoms with van der Waals surface area (Å²) in [5.41, 5.74) is 6.19. The summed E-state index contributed by atoms with van der Waals surface area (Å²) < 4.78 is 10.4. The Morgan fingerprint density at radius 1 is 1.38 bits per heavy atom. The predicted molar refractivity (Wildman–Crippen MR) is 136 cm³/mol. The number of hydrogen-bond donors (Lipinski definition) is 4. The van der Waals surface area contributed by atoms with Crippen LogP contribution in [0.4, 0.5) is 5.13 Å². The fourth-order valence-electron chi connectivity index (χ4n) is 3.87. The number of ether oxygens (including phenoxy) is 1. The van der Waals surface area contributed by atoms with Gasteiger partial charge in [0.25, 0.3) is 11.8 Å². The molecule has 17 heteroatoms. The van der Waals surface area contributed by atoms with Crippen molar-refractivity contribution in [2.75, 3.05) is 24.7 Å². The zero-order chi connectivity index (χ0) is 28.1. The number of oxime groups is 1. The molecule has 1 saturated heterocycles. The number of carbonyl (C=O) groups is 4.